The second-order valence-electron chi connectivity index (χ2n) is 10.9. The number of furan rings is 1. The van der Waals surface area contributed by atoms with Crippen LogP contribution in [0.25, 0.3) is 87.6 Å². The van der Waals surface area contributed by atoms with Gasteiger partial charge in [0.2, 0.25) is 0 Å². The first-order valence-corrected chi connectivity index (χ1v) is 14.4. The van der Waals surface area contributed by atoms with E-state index in [2.05, 4.69) is 84.9 Å². The first-order valence-electron chi connectivity index (χ1n) is 16.9. The summed E-state index contributed by atoms with van der Waals surface area (Å²) in [5.74, 6) is 0. The standard InChI is InChI=1S/C42H26O/c1-3-12-27(13-4-1)29-22-24-31-30(26-29)23-25-37-41-36(20-11-21-38(41)43-42(31)37)40-34-18-9-7-16-32(34)39(28-14-5-2-6-15-28)33-17-8-10-19-35(33)40/h1-26H/i1D,3D,4D,12D,13D. The van der Waals surface area contributed by atoms with E-state index in [0.717, 1.165) is 43.8 Å². The van der Waals surface area contributed by atoms with Crippen LogP contribution in [0.1, 0.15) is 6.85 Å². The lowest BCUT2D eigenvalue weighted by atomic mass is 9.85. The molecule has 1 nitrogen and oxygen atoms in total. The highest BCUT2D eigenvalue weighted by Crippen LogP contribution is 2.47. The van der Waals surface area contributed by atoms with E-state index >= 15 is 0 Å². The van der Waals surface area contributed by atoms with E-state index in [-0.39, 0.29) is 29.7 Å². The second-order valence-corrected chi connectivity index (χ2v) is 10.9. The fourth-order valence-corrected chi connectivity index (χ4v) is 6.70. The quantitative estimate of drug-likeness (QED) is 0.199. The minimum atomic E-state index is -0.399. The zero-order chi connectivity index (χ0) is 32.7. The zero-order valence-electron chi connectivity index (χ0n) is 28.0. The van der Waals surface area contributed by atoms with Crippen molar-refractivity contribution < 1.29 is 11.3 Å². The molecular formula is C42H26O. The summed E-state index contributed by atoms with van der Waals surface area (Å²) in [6, 6.07) is 42.2. The molecule has 0 aliphatic heterocycles. The predicted molar refractivity (Wildman–Crippen MR) is 183 cm³/mol. The summed E-state index contributed by atoms with van der Waals surface area (Å²) in [4.78, 5) is 0. The third kappa shape index (κ3) is 3.65. The normalized spacial score (nSPS) is 13.3. The molecule has 9 rings (SSSR count). The molecule has 0 saturated carbocycles. The van der Waals surface area contributed by atoms with Crippen molar-refractivity contribution in [3.63, 3.8) is 0 Å². The van der Waals surface area contributed by atoms with Gasteiger partial charge in [-0.15, -0.1) is 0 Å². The minimum absolute atomic E-state index is 0.188. The van der Waals surface area contributed by atoms with Gasteiger partial charge in [-0.25, -0.2) is 0 Å². The molecule has 43 heavy (non-hydrogen) atoms. The van der Waals surface area contributed by atoms with Gasteiger partial charge >= 0.3 is 0 Å². The van der Waals surface area contributed by atoms with Crippen molar-refractivity contribution >= 4 is 54.3 Å². The van der Waals surface area contributed by atoms with Crippen molar-refractivity contribution in [1.82, 2.24) is 0 Å². The largest absolute Gasteiger partial charge is 0.455 e. The number of rotatable bonds is 3. The fourth-order valence-electron chi connectivity index (χ4n) is 6.70. The van der Waals surface area contributed by atoms with E-state index in [4.69, 9.17) is 11.3 Å². The van der Waals surface area contributed by atoms with Crippen molar-refractivity contribution in [3.05, 3.63) is 158 Å². The highest BCUT2D eigenvalue weighted by molar-refractivity contribution is 6.27. The molecule has 0 fully saturated rings. The van der Waals surface area contributed by atoms with Crippen LogP contribution in [0.4, 0.5) is 0 Å². The zero-order valence-corrected chi connectivity index (χ0v) is 23.0. The second kappa shape index (κ2) is 9.44. The lowest BCUT2D eigenvalue weighted by molar-refractivity contribution is 0.673. The Balaban J connectivity index is 1.32. The van der Waals surface area contributed by atoms with Gasteiger partial charge in [-0.3, -0.25) is 0 Å². The number of hydrogen-bond donors (Lipinski definition) is 0. The van der Waals surface area contributed by atoms with E-state index in [0.29, 0.717) is 5.56 Å². The van der Waals surface area contributed by atoms with E-state index < -0.39 is 6.04 Å². The summed E-state index contributed by atoms with van der Waals surface area (Å²) in [6.45, 7) is 0. The van der Waals surface area contributed by atoms with Crippen LogP contribution in [0.15, 0.2) is 162 Å². The highest BCUT2D eigenvalue weighted by Gasteiger charge is 2.20. The predicted octanol–water partition coefficient (Wildman–Crippen LogP) is 12.0. The maximum absolute atomic E-state index is 8.48. The molecule has 9 aromatic rings. The SMILES string of the molecule is [2H]c1c([2H])c([2H])c(-c2ccc3c(ccc4c3oc3cccc(-c5c6ccccc6c(-c6ccccc6)c6ccccc56)c34)c2)c([2H])c1[2H]. The van der Waals surface area contributed by atoms with Crippen LogP contribution in [-0.4, -0.2) is 0 Å². The molecule has 0 bridgehead atoms. The Kier molecular flexibility index (Phi) is 4.27. The molecule has 1 heteroatoms. The van der Waals surface area contributed by atoms with Crippen LogP contribution < -0.4 is 0 Å². The maximum atomic E-state index is 8.48. The Morgan fingerprint density at radius 3 is 1.81 bits per heavy atom. The molecule has 200 valence electrons. The van der Waals surface area contributed by atoms with Crippen LogP contribution in [0.2, 0.25) is 0 Å². The van der Waals surface area contributed by atoms with Gasteiger partial charge in [-0.2, -0.15) is 0 Å². The van der Waals surface area contributed by atoms with E-state index in [1.54, 1.807) is 0 Å². The maximum Gasteiger partial charge on any atom is 0.143 e. The molecule has 0 saturated heterocycles. The van der Waals surface area contributed by atoms with Crippen LogP contribution in [0.3, 0.4) is 0 Å². The Bertz CT molecular complexity index is 2700. The lowest BCUT2D eigenvalue weighted by Gasteiger charge is -2.18. The van der Waals surface area contributed by atoms with Crippen molar-refractivity contribution in [2.24, 2.45) is 0 Å². The summed E-state index contributed by atoms with van der Waals surface area (Å²) in [5.41, 5.74) is 6.93. The molecule has 0 amide bonds. The van der Waals surface area contributed by atoms with Gasteiger partial charge in [-0.1, -0.05) is 133 Å². The Morgan fingerprint density at radius 1 is 0.442 bits per heavy atom. The first kappa shape index (κ1) is 19.5. The van der Waals surface area contributed by atoms with Gasteiger partial charge < -0.3 is 4.42 Å². The molecule has 0 atom stereocenters. The van der Waals surface area contributed by atoms with Crippen LogP contribution >= 0.6 is 0 Å². The van der Waals surface area contributed by atoms with Gasteiger partial charge in [0.1, 0.15) is 11.2 Å². The molecule has 1 aromatic heterocycles. The molecular weight excluding hydrogens is 520 g/mol. The number of benzene rings is 8. The lowest BCUT2D eigenvalue weighted by Crippen LogP contribution is -1.91. The van der Waals surface area contributed by atoms with Crippen LogP contribution in [0.5, 0.6) is 0 Å². The molecule has 0 aliphatic rings. The van der Waals surface area contributed by atoms with Crippen LogP contribution in [0, 0.1) is 0 Å². The summed E-state index contributed by atoms with van der Waals surface area (Å²) in [7, 11) is 0. The summed E-state index contributed by atoms with van der Waals surface area (Å²) in [6.07, 6.45) is 0. The minimum Gasteiger partial charge on any atom is -0.455 e. The average Bonchev–Trinajstić information content (AvgIpc) is 3.52. The molecule has 0 spiro atoms. The smallest absolute Gasteiger partial charge is 0.143 e. The third-order valence-corrected chi connectivity index (χ3v) is 8.53. The molecule has 0 unspecified atom stereocenters. The molecule has 0 aliphatic carbocycles. The Hall–Kier alpha value is -5.66. The van der Waals surface area contributed by atoms with Crippen molar-refractivity contribution in [1.29, 1.82) is 0 Å². The fraction of sp³-hybridized carbons (Fsp3) is 0. The average molecular weight is 552 g/mol. The van der Waals surface area contributed by atoms with Gasteiger partial charge in [0.25, 0.3) is 0 Å². The van der Waals surface area contributed by atoms with Crippen molar-refractivity contribution in [3.8, 4) is 33.4 Å². The van der Waals surface area contributed by atoms with Gasteiger partial charge in [0.05, 0.1) is 6.85 Å². The molecule has 0 N–H and O–H groups in total. The Labute approximate surface area is 256 Å². The van der Waals surface area contributed by atoms with Crippen molar-refractivity contribution in [2.45, 2.75) is 0 Å². The first-order chi connectivity index (χ1) is 23.4. The van der Waals surface area contributed by atoms with E-state index in [1.807, 2.05) is 42.5 Å². The summed E-state index contributed by atoms with van der Waals surface area (Å²) in [5, 5.41) is 8.48. The molecule has 1 heterocycles. The molecule has 8 aromatic carbocycles. The van der Waals surface area contributed by atoms with Gasteiger partial charge in [0.15, 0.2) is 0 Å². The summed E-state index contributed by atoms with van der Waals surface area (Å²) < 4.78 is 47.9. The third-order valence-electron chi connectivity index (χ3n) is 8.53. The Morgan fingerprint density at radius 2 is 1.09 bits per heavy atom. The van der Waals surface area contributed by atoms with Gasteiger partial charge in [0, 0.05) is 16.2 Å². The van der Waals surface area contributed by atoms with Crippen molar-refractivity contribution in [2.75, 3.05) is 0 Å². The molecule has 0 radical (unpaired) electrons. The topological polar surface area (TPSA) is 13.1 Å². The number of hydrogen-bond acceptors (Lipinski definition) is 1. The van der Waals surface area contributed by atoms with E-state index in [1.165, 1.54) is 32.7 Å². The van der Waals surface area contributed by atoms with Crippen LogP contribution in [-0.2, 0) is 0 Å². The van der Waals surface area contributed by atoms with Gasteiger partial charge in [-0.05, 0) is 84.6 Å². The highest BCUT2D eigenvalue weighted by atomic mass is 16.3. The number of fused-ring (bicyclic) bond motifs is 7. The summed E-state index contributed by atoms with van der Waals surface area (Å²) >= 11 is 0. The monoisotopic (exact) mass is 551 g/mol. The van der Waals surface area contributed by atoms with E-state index in [9.17, 15) is 0 Å².